The number of esters is 1. The van der Waals surface area contributed by atoms with Crippen LogP contribution in [0.3, 0.4) is 0 Å². The van der Waals surface area contributed by atoms with Crippen molar-refractivity contribution in [3.8, 4) is 0 Å². The van der Waals surface area contributed by atoms with E-state index in [1.54, 1.807) is 12.7 Å². The maximum atomic E-state index is 11.8. The molecule has 0 radical (unpaired) electrons. The molecule has 5 heteroatoms. The summed E-state index contributed by atoms with van der Waals surface area (Å²) in [4.78, 5) is 23.5. The smallest absolute Gasteiger partial charge is 0.316 e. The maximum Gasteiger partial charge on any atom is 0.316 e. The van der Waals surface area contributed by atoms with E-state index in [-0.39, 0.29) is 11.6 Å². The Kier molecular flexibility index (Phi) is 7.20. The van der Waals surface area contributed by atoms with Crippen LogP contribution in [0.2, 0.25) is 0 Å². The van der Waals surface area contributed by atoms with Crippen molar-refractivity contribution in [3.05, 3.63) is 0 Å². The summed E-state index contributed by atoms with van der Waals surface area (Å²) < 4.78 is 10.7. The van der Waals surface area contributed by atoms with Gasteiger partial charge in [-0.05, 0) is 48.5 Å². The van der Waals surface area contributed by atoms with E-state index in [4.69, 9.17) is 9.47 Å². The Morgan fingerprint density at radius 1 is 1.21 bits per heavy atom. The molecule has 0 aliphatic carbocycles. The molecule has 0 amide bonds. The second-order valence-electron chi connectivity index (χ2n) is 6.57. The van der Waals surface area contributed by atoms with Crippen LogP contribution in [0.25, 0.3) is 0 Å². The average molecular weight is 290 g/mol. The van der Waals surface area contributed by atoms with Crippen LogP contribution in [0.15, 0.2) is 0 Å². The largest absolute Gasteiger partial charge is 0.631 e. The molecule has 4 nitrogen and oxygen atoms in total. The van der Waals surface area contributed by atoms with E-state index in [2.05, 4.69) is 0 Å². The predicted octanol–water partition coefficient (Wildman–Crippen LogP) is 2.34. The molecule has 2 atom stereocenters. The van der Waals surface area contributed by atoms with E-state index in [1.807, 2.05) is 41.5 Å². The van der Waals surface area contributed by atoms with E-state index in [0.717, 1.165) is 0 Å². The molecule has 0 N–H and O–H groups in total. The first-order valence-electron chi connectivity index (χ1n) is 6.56. The van der Waals surface area contributed by atoms with Gasteiger partial charge in [0.1, 0.15) is 17.7 Å². The lowest BCUT2D eigenvalue weighted by molar-refractivity contribution is -0.158. The van der Waals surface area contributed by atoms with Gasteiger partial charge in [0.15, 0.2) is 0 Å². The van der Waals surface area contributed by atoms with Gasteiger partial charge in [0.25, 0.3) is 0 Å². The molecule has 0 bridgehead atoms. The molecule has 0 spiro atoms. The Balaban J connectivity index is 4.24. The Morgan fingerprint density at radius 2 is 1.74 bits per heavy atom. The number of rotatable bonds is 5. The fourth-order valence-corrected chi connectivity index (χ4v) is 2.26. The Morgan fingerprint density at radius 3 is 2.16 bits per heavy atom. The fourth-order valence-electron chi connectivity index (χ4n) is 1.22. The first-order chi connectivity index (χ1) is 8.41. The molecule has 0 rings (SSSR count). The van der Waals surface area contributed by atoms with Crippen LogP contribution >= 0.6 is 7.77 Å². The summed E-state index contributed by atoms with van der Waals surface area (Å²) in [5, 5.41) is 0. The Bertz CT molecular complexity index is 323. The highest BCUT2D eigenvalue weighted by Gasteiger charge is 2.22. The van der Waals surface area contributed by atoms with Crippen molar-refractivity contribution < 1.29 is 19.2 Å². The van der Waals surface area contributed by atoms with Crippen molar-refractivity contribution in [1.29, 1.82) is 0 Å². The second-order valence-corrected chi connectivity index (χ2v) is 8.15. The maximum absolute atomic E-state index is 11.8. The third-order valence-electron chi connectivity index (χ3n) is 2.02. The van der Waals surface area contributed by atoms with Crippen molar-refractivity contribution in [2.45, 2.75) is 59.7 Å². The van der Waals surface area contributed by atoms with Gasteiger partial charge >= 0.3 is 5.97 Å². The van der Waals surface area contributed by atoms with Crippen LogP contribution < -0.4 is 4.89 Å². The summed E-state index contributed by atoms with van der Waals surface area (Å²) in [5.41, 5.74) is -0.743. The summed E-state index contributed by atoms with van der Waals surface area (Å²) in [7, 11) is -1.55. The minimum Gasteiger partial charge on any atom is -0.631 e. The minimum absolute atomic E-state index is 0.229. The van der Waals surface area contributed by atoms with Crippen molar-refractivity contribution in [3.63, 3.8) is 0 Å². The molecule has 0 saturated carbocycles. The molecule has 2 unspecified atom stereocenters. The quantitative estimate of drug-likeness (QED) is 0.576. The lowest BCUT2D eigenvalue weighted by Crippen LogP contribution is -2.28. The average Bonchev–Trinajstić information content (AvgIpc) is 2.12. The monoisotopic (exact) mass is 290 g/mol. The van der Waals surface area contributed by atoms with Crippen molar-refractivity contribution >= 4 is 19.5 Å². The van der Waals surface area contributed by atoms with Crippen LogP contribution in [0.1, 0.15) is 48.5 Å². The topological polar surface area (TPSA) is 58.6 Å². The van der Waals surface area contributed by atoms with Gasteiger partial charge in [0, 0.05) is 7.77 Å². The summed E-state index contributed by atoms with van der Waals surface area (Å²) in [6, 6.07) is 0. The molecule has 0 aromatic rings. The molecule has 0 aromatic carbocycles. The Labute approximate surface area is 118 Å². The van der Waals surface area contributed by atoms with Gasteiger partial charge in [-0.25, -0.2) is 0 Å². The molecule has 0 saturated heterocycles. The van der Waals surface area contributed by atoms with Crippen LogP contribution in [-0.2, 0) is 14.3 Å². The normalized spacial score (nSPS) is 15.3. The summed E-state index contributed by atoms with van der Waals surface area (Å²) in [6.07, 6.45) is 0.430. The molecular weight excluding hydrogens is 263 g/mol. The molecule has 19 heavy (non-hydrogen) atoms. The van der Waals surface area contributed by atoms with Crippen LogP contribution in [0.5, 0.6) is 0 Å². The van der Waals surface area contributed by atoms with Gasteiger partial charge < -0.3 is 14.4 Å². The van der Waals surface area contributed by atoms with Crippen molar-refractivity contribution in [2.24, 2.45) is 5.92 Å². The lowest BCUT2D eigenvalue weighted by atomic mass is 10.1. The predicted molar refractivity (Wildman–Crippen MR) is 78.6 cm³/mol. The van der Waals surface area contributed by atoms with E-state index in [0.29, 0.717) is 12.8 Å². The SMILES string of the molecule is CC(C=[P+]([O-])CCOC(C)(C)C)C(=O)OC(C)(C)C. The van der Waals surface area contributed by atoms with E-state index in [9.17, 15) is 9.69 Å². The molecular formula is C14H27O4P. The van der Waals surface area contributed by atoms with Crippen LogP contribution in [-0.4, -0.2) is 35.7 Å². The fraction of sp³-hybridized carbons (Fsp3) is 0.857. The summed E-state index contributed by atoms with van der Waals surface area (Å²) in [6.45, 7) is 13.4. The molecule has 0 aliphatic heterocycles. The zero-order valence-electron chi connectivity index (χ0n) is 13.1. The van der Waals surface area contributed by atoms with Crippen molar-refractivity contribution in [2.75, 3.05) is 12.8 Å². The summed E-state index contributed by atoms with van der Waals surface area (Å²) in [5.74, 6) is 0.750. The molecule has 0 aromatic heterocycles. The zero-order chi connectivity index (χ0) is 15.3. The van der Waals surface area contributed by atoms with E-state index < -0.39 is 19.3 Å². The van der Waals surface area contributed by atoms with Crippen molar-refractivity contribution in [1.82, 2.24) is 0 Å². The number of ether oxygens (including phenoxy) is 2. The molecule has 0 fully saturated rings. The number of hydrogen-bond acceptors (Lipinski definition) is 4. The first kappa shape index (κ1) is 18.6. The lowest BCUT2D eigenvalue weighted by Gasteiger charge is -2.21. The highest BCUT2D eigenvalue weighted by atomic mass is 31.1. The molecule has 0 heterocycles. The van der Waals surface area contributed by atoms with E-state index >= 15 is 0 Å². The standard InChI is InChI=1S/C14H27O4P/c1-11(12(15)18-14(5,6)7)10-19(16)9-8-17-13(2,3)4/h10-11H,8-9H2,1-7H3. The Hall–Kier alpha value is -0.440. The van der Waals surface area contributed by atoms with Crippen LogP contribution in [0.4, 0.5) is 0 Å². The van der Waals surface area contributed by atoms with Gasteiger partial charge in [-0.3, -0.25) is 4.79 Å². The number of carbonyl (C=O) groups excluding carboxylic acids is 1. The van der Waals surface area contributed by atoms with Gasteiger partial charge in [-0.1, -0.05) is 0 Å². The van der Waals surface area contributed by atoms with Gasteiger partial charge in [-0.15, -0.1) is 0 Å². The van der Waals surface area contributed by atoms with Gasteiger partial charge in [0.2, 0.25) is 0 Å². The van der Waals surface area contributed by atoms with E-state index in [1.165, 1.54) is 0 Å². The number of carbonyl (C=O) groups is 1. The van der Waals surface area contributed by atoms with Gasteiger partial charge in [-0.2, -0.15) is 0 Å². The molecule has 0 aliphatic rings. The second kappa shape index (κ2) is 7.37. The third kappa shape index (κ3) is 11.1. The highest BCUT2D eigenvalue weighted by Crippen LogP contribution is 2.17. The van der Waals surface area contributed by atoms with Crippen LogP contribution in [0, 0.1) is 5.92 Å². The summed E-state index contributed by atoms with van der Waals surface area (Å²) >= 11 is 0. The minimum atomic E-state index is -1.55. The number of hydrogen-bond donors (Lipinski definition) is 0. The third-order valence-corrected chi connectivity index (χ3v) is 3.42. The highest BCUT2D eigenvalue weighted by molar-refractivity contribution is 7.50. The zero-order valence-corrected chi connectivity index (χ0v) is 14.0. The van der Waals surface area contributed by atoms with Gasteiger partial charge in [0.05, 0.1) is 18.0 Å². The first-order valence-corrected chi connectivity index (χ1v) is 8.08. The molecule has 112 valence electrons.